The smallest absolute Gasteiger partial charge is 0.313 e. The fraction of sp³-hybridized carbons (Fsp3) is 0.682. The van der Waals surface area contributed by atoms with E-state index in [9.17, 15) is 9.90 Å². The molecule has 0 spiro atoms. The average molecular weight is 375 g/mol. The zero-order chi connectivity index (χ0) is 18.4. The normalized spacial score (nSPS) is 41.6. The van der Waals surface area contributed by atoms with Gasteiger partial charge in [0.2, 0.25) is 0 Å². The summed E-state index contributed by atoms with van der Waals surface area (Å²) >= 11 is 1.94. The van der Waals surface area contributed by atoms with Gasteiger partial charge < -0.3 is 9.84 Å². The lowest BCUT2D eigenvalue weighted by atomic mass is 9.47. The first-order chi connectivity index (χ1) is 12.5. The molecule has 0 radical (unpaired) electrons. The highest BCUT2D eigenvalue weighted by Crippen LogP contribution is 2.64. The first-order valence-corrected chi connectivity index (χ1v) is 11.0. The molecule has 4 heteroatoms. The maximum absolute atomic E-state index is 12.9. The number of aliphatic hydroxyl groups excluding tert-OH is 1. The fourth-order valence-electron chi connectivity index (χ4n) is 6.12. The molecule has 1 aliphatic heterocycles. The Morgan fingerprint density at radius 3 is 2.73 bits per heavy atom. The highest BCUT2D eigenvalue weighted by Gasteiger charge is 2.67. The van der Waals surface area contributed by atoms with Crippen LogP contribution >= 0.6 is 11.8 Å². The minimum Gasteiger partial charge on any atom is -0.462 e. The van der Waals surface area contributed by atoms with E-state index in [0.717, 1.165) is 25.0 Å². The molecule has 3 fully saturated rings. The van der Waals surface area contributed by atoms with Gasteiger partial charge in [0.25, 0.3) is 0 Å². The molecule has 0 amide bonds. The number of benzene rings is 1. The molecule has 1 aromatic carbocycles. The Kier molecular flexibility index (Phi) is 4.85. The summed E-state index contributed by atoms with van der Waals surface area (Å²) in [6.45, 7) is 4.69. The molecule has 4 rings (SSSR count). The molecule has 1 heterocycles. The van der Waals surface area contributed by atoms with Gasteiger partial charge in [0.05, 0.1) is 5.41 Å². The monoisotopic (exact) mass is 374 g/mol. The number of rotatable bonds is 5. The van der Waals surface area contributed by atoms with E-state index in [2.05, 4.69) is 44.2 Å². The third-order valence-corrected chi connectivity index (χ3v) is 9.00. The van der Waals surface area contributed by atoms with Gasteiger partial charge in [-0.25, -0.2) is 0 Å². The molecule has 0 unspecified atom stereocenters. The molecule has 2 aliphatic carbocycles. The van der Waals surface area contributed by atoms with E-state index in [1.807, 2.05) is 11.8 Å². The number of ether oxygens (including phenoxy) is 1. The summed E-state index contributed by atoms with van der Waals surface area (Å²) in [7, 11) is 0. The van der Waals surface area contributed by atoms with Crippen LogP contribution in [0.25, 0.3) is 0 Å². The zero-order valence-electron chi connectivity index (χ0n) is 15.8. The number of carbonyl (C=O) groups excluding carboxylic acids is 1. The standard InChI is InChI=1S/C22H30O3S/c1-15-8-9-17-19-18(25-20(24)22(15,19)12-13-23)10-11-21(17,2)14-26-16-6-4-3-5-7-16/h3-7,15,17-19,23H,8-14H2,1-2H3/t15-,17-,18-,19+,21+,22+/m1/s1. The van der Waals surface area contributed by atoms with E-state index in [1.54, 1.807) is 0 Å². The summed E-state index contributed by atoms with van der Waals surface area (Å²) in [4.78, 5) is 14.2. The lowest BCUT2D eigenvalue weighted by Crippen LogP contribution is -2.55. The van der Waals surface area contributed by atoms with Gasteiger partial charge in [-0.05, 0) is 61.5 Å². The van der Waals surface area contributed by atoms with E-state index < -0.39 is 5.41 Å². The molecule has 142 valence electrons. The molecule has 1 aromatic rings. The zero-order valence-corrected chi connectivity index (χ0v) is 16.6. The van der Waals surface area contributed by atoms with E-state index in [0.29, 0.717) is 18.3 Å². The Balaban J connectivity index is 1.61. The molecule has 0 bridgehead atoms. The SMILES string of the molecule is C[C@@H]1CC[C@@H]2[C@H]3[C@@H](CC[C@@]2(C)CSc2ccccc2)OC(=O)[C@]31CCO. The molecular formula is C22H30O3S. The molecular weight excluding hydrogens is 344 g/mol. The quantitative estimate of drug-likeness (QED) is 0.607. The van der Waals surface area contributed by atoms with Crippen LogP contribution in [0.15, 0.2) is 35.2 Å². The van der Waals surface area contributed by atoms with Crippen molar-refractivity contribution in [3.05, 3.63) is 30.3 Å². The Morgan fingerprint density at radius 1 is 1.23 bits per heavy atom. The summed E-state index contributed by atoms with van der Waals surface area (Å²) in [5, 5.41) is 9.73. The van der Waals surface area contributed by atoms with Crippen LogP contribution < -0.4 is 0 Å². The van der Waals surface area contributed by atoms with Gasteiger partial charge in [-0.15, -0.1) is 11.8 Å². The number of thioether (sulfide) groups is 1. The number of aliphatic hydroxyl groups is 1. The van der Waals surface area contributed by atoms with Crippen LogP contribution in [-0.4, -0.2) is 29.5 Å². The Morgan fingerprint density at radius 2 is 2.00 bits per heavy atom. The highest BCUT2D eigenvalue weighted by atomic mass is 32.2. The molecule has 26 heavy (non-hydrogen) atoms. The summed E-state index contributed by atoms with van der Waals surface area (Å²) < 4.78 is 5.90. The fourth-order valence-corrected chi connectivity index (χ4v) is 7.33. The van der Waals surface area contributed by atoms with Crippen LogP contribution in [0.2, 0.25) is 0 Å². The van der Waals surface area contributed by atoms with Gasteiger partial charge in [0, 0.05) is 23.2 Å². The molecule has 2 saturated carbocycles. The predicted octanol–water partition coefficient (Wildman–Crippen LogP) is 4.54. The Labute approximate surface area is 160 Å². The van der Waals surface area contributed by atoms with Gasteiger partial charge in [-0.3, -0.25) is 4.79 Å². The van der Waals surface area contributed by atoms with Gasteiger partial charge in [-0.1, -0.05) is 32.0 Å². The molecule has 3 nitrogen and oxygen atoms in total. The van der Waals surface area contributed by atoms with Crippen LogP contribution in [0.3, 0.4) is 0 Å². The van der Waals surface area contributed by atoms with E-state index in [-0.39, 0.29) is 30.0 Å². The largest absolute Gasteiger partial charge is 0.462 e. The topological polar surface area (TPSA) is 46.5 Å². The van der Waals surface area contributed by atoms with Crippen molar-refractivity contribution in [2.24, 2.45) is 28.6 Å². The Hall–Kier alpha value is -1.00. The summed E-state index contributed by atoms with van der Waals surface area (Å²) in [5.41, 5.74) is -0.238. The van der Waals surface area contributed by atoms with Gasteiger partial charge in [0.1, 0.15) is 6.10 Å². The van der Waals surface area contributed by atoms with Gasteiger partial charge in [-0.2, -0.15) is 0 Å². The van der Waals surface area contributed by atoms with Crippen LogP contribution in [0, 0.1) is 28.6 Å². The first kappa shape index (κ1) is 18.4. The van der Waals surface area contributed by atoms with Crippen molar-refractivity contribution in [3.63, 3.8) is 0 Å². The first-order valence-electron chi connectivity index (χ1n) is 10.0. The Bertz CT molecular complexity index is 663. The summed E-state index contributed by atoms with van der Waals surface area (Å²) in [6.07, 6.45) is 4.96. The van der Waals surface area contributed by atoms with E-state index >= 15 is 0 Å². The summed E-state index contributed by atoms with van der Waals surface area (Å²) in [5.74, 6) is 2.15. The molecule has 6 atom stereocenters. The van der Waals surface area contributed by atoms with Crippen molar-refractivity contribution in [2.45, 2.75) is 57.0 Å². The molecule has 3 aliphatic rings. The van der Waals surface area contributed by atoms with Crippen molar-refractivity contribution in [1.82, 2.24) is 0 Å². The number of esters is 1. The van der Waals surface area contributed by atoms with Crippen molar-refractivity contribution < 1.29 is 14.6 Å². The third-order valence-electron chi connectivity index (χ3n) is 7.59. The van der Waals surface area contributed by atoms with Crippen LogP contribution in [-0.2, 0) is 9.53 Å². The second kappa shape index (κ2) is 6.87. The molecule has 1 N–H and O–H groups in total. The van der Waals surface area contributed by atoms with Crippen molar-refractivity contribution in [2.75, 3.05) is 12.4 Å². The lowest BCUT2D eigenvalue weighted by Gasteiger charge is -2.55. The van der Waals surface area contributed by atoms with Crippen LogP contribution in [0.4, 0.5) is 0 Å². The molecule has 1 saturated heterocycles. The third kappa shape index (κ3) is 2.72. The van der Waals surface area contributed by atoms with Crippen LogP contribution in [0.5, 0.6) is 0 Å². The number of carbonyl (C=O) groups is 1. The number of hydrogen-bond donors (Lipinski definition) is 1. The highest BCUT2D eigenvalue weighted by molar-refractivity contribution is 7.99. The lowest BCUT2D eigenvalue weighted by molar-refractivity contribution is -0.153. The summed E-state index contributed by atoms with van der Waals surface area (Å²) in [6, 6.07) is 10.6. The van der Waals surface area contributed by atoms with Crippen molar-refractivity contribution in [1.29, 1.82) is 0 Å². The minimum atomic E-state index is -0.457. The average Bonchev–Trinajstić information content (AvgIpc) is 2.94. The minimum absolute atomic E-state index is 0.0290. The molecule has 0 aromatic heterocycles. The second-order valence-electron chi connectivity index (χ2n) is 8.86. The van der Waals surface area contributed by atoms with Gasteiger partial charge in [0.15, 0.2) is 0 Å². The van der Waals surface area contributed by atoms with E-state index in [1.165, 1.54) is 11.3 Å². The van der Waals surface area contributed by atoms with Crippen LogP contribution in [0.1, 0.15) is 46.0 Å². The van der Waals surface area contributed by atoms with Gasteiger partial charge >= 0.3 is 5.97 Å². The van der Waals surface area contributed by atoms with Crippen molar-refractivity contribution >= 4 is 17.7 Å². The maximum atomic E-state index is 12.9. The van der Waals surface area contributed by atoms with Crippen molar-refractivity contribution in [3.8, 4) is 0 Å². The second-order valence-corrected chi connectivity index (χ2v) is 9.91. The maximum Gasteiger partial charge on any atom is 0.313 e. The van der Waals surface area contributed by atoms with E-state index in [4.69, 9.17) is 4.74 Å². The number of hydrogen-bond acceptors (Lipinski definition) is 4. The predicted molar refractivity (Wildman–Crippen MR) is 104 cm³/mol.